The van der Waals surface area contributed by atoms with Gasteiger partial charge >= 0.3 is 0 Å². The lowest BCUT2D eigenvalue weighted by atomic mass is 10.1. The third-order valence-corrected chi connectivity index (χ3v) is 6.57. The molecule has 0 atom stereocenters. The lowest BCUT2D eigenvalue weighted by Gasteiger charge is -2.19. The molecule has 2 aliphatic rings. The van der Waals surface area contributed by atoms with Crippen LogP contribution in [0.15, 0.2) is 50.4 Å². The summed E-state index contributed by atoms with van der Waals surface area (Å²) in [4.78, 5) is 27.4. The minimum absolute atomic E-state index is 0.0337. The summed E-state index contributed by atoms with van der Waals surface area (Å²) in [6.45, 7) is 4.01. The highest BCUT2D eigenvalue weighted by atomic mass is 32.2. The Labute approximate surface area is 201 Å². The van der Waals surface area contributed by atoms with Gasteiger partial charge in [0.2, 0.25) is 5.17 Å². The van der Waals surface area contributed by atoms with Gasteiger partial charge in [-0.2, -0.15) is 15.1 Å². The number of amides is 1. The molecule has 34 heavy (non-hydrogen) atoms. The first kappa shape index (κ1) is 23.6. The number of unbranched alkanes of at least 4 members (excludes halogenated alkanes) is 4. The van der Waals surface area contributed by atoms with Crippen LogP contribution in [0.3, 0.4) is 0 Å². The maximum Gasteiger partial charge on any atom is 0.283 e. The maximum atomic E-state index is 12.6. The van der Waals surface area contributed by atoms with Crippen molar-refractivity contribution < 1.29 is 14.1 Å². The smallest absolute Gasteiger partial charge is 0.283 e. The van der Waals surface area contributed by atoms with Gasteiger partial charge < -0.3 is 4.42 Å². The number of furan rings is 1. The molecule has 1 amide bonds. The van der Waals surface area contributed by atoms with Gasteiger partial charge in [0, 0.05) is 17.7 Å². The number of aliphatic imine (C=N–C) groups is 1. The lowest BCUT2D eigenvalue weighted by Crippen LogP contribution is -2.35. The first-order chi connectivity index (χ1) is 16.4. The fourth-order valence-electron chi connectivity index (χ4n) is 3.72. The molecule has 1 aromatic heterocycles. The number of fused-ring (bicyclic) bond motifs is 1. The maximum absolute atomic E-state index is 12.6. The quantitative estimate of drug-likeness (QED) is 0.199. The molecular weight excluding hydrogens is 454 g/mol. The zero-order valence-electron chi connectivity index (χ0n) is 19.0. The Balaban J connectivity index is 1.51. The standard InChI is InChI=1S/C24H25N5O4S/c1-3-4-5-6-7-8-21-27-28-22(25)19(23(30)26-24(28)34-21)14-17-11-12-20(33-17)18-13-16(29(31)32)10-9-15(18)2/h9-14,25H,3-8H2,1-2H3/b19-14-,25-22?. The molecule has 0 saturated carbocycles. The van der Waals surface area contributed by atoms with Crippen LogP contribution in [0.25, 0.3) is 17.4 Å². The van der Waals surface area contributed by atoms with E-state index < -0.39 is 10.8 Å². The van der Waals surface area contributed by atoms with Gasteiger partial charge in [-0.15, -0.1) is 0 Å². The van der Waals surface area contributed by atoms with E-state index in [9.17, 15) is 14.9 Å². The van der Waals surface area contributed by atoms with Crippen molar-refractivity contribution in [2.24, 2.45) is 10.1 Å². The Morgan fingerprint density at radius 3 is 2.76 bits per heavy atom. The van der Waals surface area contributed by atoms with Crippen LogP contribution in [0, 0.1) is 22.4 Å². The highest BCUT2D eigenvalue weighted by molar-refractivity contribution is 8.26. The van der Waals surface area contributed by atoms with E-state index in [1.165, 1.54) is 54.2 Å². The number of non-ortho nitro benzene ring substituents is 1. The van der Waals surface area contributed by atoms with Crippen molar-refractivity contribution >= 4 is 45.5 Å². The third kappa shape index (κ3) is 5.01. The summed E-state index contributed by atoms with van der Waals surface area (Å²) in [6.07, 6.45) is 8.02. The second kappa shape index (κ2) is 10.2. The molecule has 3 heterocycles. The lowest BCUT2D eigenvalue weighted by molar-refractivity contribution is -0.384. The Bertz CT molecular complexity index is 1240. The number of nitro benzene ring substituents is 1. The Morgan fingerprint density at radius 2 is 2.00 bits per heavy atom. The monoisotopic (exact) mass is 479 g/mol. The van der Waals surface area contributed by atoms with Gasteiger partial charge in [0.05, 0.1) is 10.5 Å². The fraction of sp³-hybridized carbons (Fsp3) is 0.333. The molecule has 0 saturated heterocycles. The molecule has 0 spiro atoms. The Morgan fingerprint density at radius 1 is 1.21 bits per heavy atom. The molecule has 10 heteroatoms. The van der Waals surface area contributed by atoms with E-state index in [1.807, 2.05) is 6.92 Å². The van der Waals surface area contributed by atoms with Gasteiger partial charge in [-0.3, -0.25) is 20.3 Å². The fourth-order valence-corrected chi connectivity index (χ4v) is 4.65. The van der Waals surface area contributed by atoms with Gasteiger partial charge in [-0.25, -0.2) is 0 Å². The van der Waals surface area contributed by atoms with E-state index in [2.05, 4.69) is 17.0 Å². The van der Waals surface area contributed by atoms with Crippen molar-refractivity contribution in [1.29, 1.82) is 5.41 Å². The number of hydrogen-bond acceptors (Lipinski definition) is 7. The van der Waals surface area contributed by atoms with Crippen LogP contribution in [0.1, 0.15) is 56.8 Å². The van der Waals surface area contributed by atoms with Crippen molar-refractivity contribution in [1.82, 2.24) is 5.01 Å². The highest BCUT2D eigenvalue weighted by Gasteiger charge is 2.35. The molecule has 1 N–H and O–H groups in total. The molecule has 0 aliphatic carbocycles. The van der Waals surface area contributed by atoms with Gasteiger partial charge in [0.25, 0.3) is 11.6 Å². The second-order valence-electron chi connectivity index (χ2n) is 8.14. The summed E-state index contributed by atoms with van der Waals surface area (Å²) >= 11 is 1.34. The summed E-state index contributed by atoms with van der Waals surface area (Å²) < 4.78 is 5.85. The Hall–Kier alpha value is -3.53. The van der Waals surface area contributed by atoms with Gasteiger partial charge in [0.1, 0.15) is 16.6 Å². The first-order valence-corrected chi connectivity index (χ1v) is 12.0. The van der Waals surface area contributed by atoms with Crippen molar-refractivity contribution in [2.75, 3.05) is 0 Å². The number of hydrazone groups is 1. The van der Waals surface area contributed by atoms with E-state index in [-0.39, 0.29) is 17.1 Å². The van der Waals surface area contributed by atoms with Crippen LogP contribution in [0.2, 0.25) is 0 Å². The number of hydrogen-bond donors (Lipinski definition) is 1. The molecule has 0 unspecified atom stereocenters. The van der Waals surface area contributed by atoms with Crippen LogP contribution in [-0.2, 0) is 4.79 Å². The largest absolute Gasteiger partial charge is 0.457 e. The second-order valence-corrected chi connectivity index (χ2v) is 9.18. The van der Waals surface area contributed by atoms with Crippen LogP contribution >= 0.6 is 11.8 Å². The zero-order chi connectivity index (χ0) is 24.2. The average molecular weight is 480 g/mol. The van der Waals surface area contributed by atoms with Crippen molar-refractivity contribution in [2.45, 2.75) is 52.4 Å². The molecule has 2 aliphatic heterocycles. The number of carbonyl (C=O) groups is 1. The first-order valence-electron chi connectivity index (χ1n) is 11.2. The summed E-state index contributed by atoms with van der Waals surface area (Å²) in [5.41, 5.74) is 1.45. The Kier molecular flexibility index (Phi) is 7.06. The molecule has 1 aromatic carbocycles. The number of aryl methyl sites for hydroxylation is 1. The molecule has 2 aromatic rings. The molecule has 0 fully saturated rings. The normalized spacial score (nSPS) is 16.6. The third-order valence-electron chi connectivity index (χ3n) is 5.60. The predicted molar refractivity (Wildman–Crippen MR) is 134 cm³/mol. The SMILES string of the molecule is CCCCCCCC1=NN2C(=N)/C(=C/c3ccc(-c4cc([N+](=O)[O-])ccc4C)o3)C(=O)N=C2S1. The van der Waals surface area contributed by atoms with Gasteiger partial charge in [0.15, 0.2) is 5.84 Å². The van der Waals surface area contributed by atoms with Crippen LogP contribution in [0.5, 0.6) is 0 Å². The zero-order valence-corrected chi connectivity index (χ0v) is 19.9. The van der Waals surface area contributed by atoms with E-state index >= 15 is 0 Å². The average Bonchev–Trinajstić information content (AvgIpc) is 3.43. The molecule has 0 bridgehead atoms. The van der Waals surface area contributed by atoms with Gasteiger partial charge in [-0.1, -0.05) is 38.7 Å². The molecular formula is C24H25N5O4S. The van der Waals surface area contributed by atoms with Crippen LogP contribution in [-0.4, -0.2) is 31.9 Å². The van der Waals surface area contributed by atoms with Gasteiger partial charge in [-0.05, 0) is 55.3 Å². The van der Waals surface area contributed by atoms with Crippen molar-refractivity contribution in [3.8, 4) is 11.3 Å². The number of nitrogens with one attached hydrogen (secondary N) is 1. The summed E-state index contributed by atoms with van der Waals surface area (Å²) in [7, 11) is 0. The number of nitrogens with zero attached hydrogens (tertiary/aromatic N) is 4. The van der Waals surface area contributed by atoms with Crippen molar-refractivity contribution in [3.05, 3.63) is 57.3 Å². The number of carbonyl (C=O) groups excluding carboxylic acids is 1. The van der Waals surface area contributed by atoms with Crippen LogP contribution < -0.4 is 0 Å². The van der Waals surface area contributed by atoms with E-state index in [1.54, 1.807) is 18.2 Å². The number of amidine groups is 2. The number of nitro groups is 1. The minimum Gasteiger partial charge on any atom is -0.457 e. The topological polar surface area (TPSA) is 125 Å². The van der Waals surface area contributed by atoms with E-state index in [4.69, 9.17) is 9.83 Å². The minimum atomic E-state index is -0.521. The summed E-state index contributed by atoms with van der Waals surface area (Å²) in [6, 6.07) is 7.90. The number of rotatable bonds is 9. The molecule has 176 valence electrons. The molecule has 9 nitrogen and oxygen atoms in total. The highest BCUT2D eigenvalue weighted by Crippen LogP contribution is 2.32. The predicted octanol–water partition coefficient (Wildman–Crippen LogP) is 6.14. The molecule has 0 radical (unpaired) electrons. The van der Waals surface area contributed by atoms with Crippen LogP contribution in [0.4, 0.5) is 5.69 Å². The summed E-state index contributed by atoms with van der Waals surface area (Å²) in [5, 5.41) is 26.8. The number of benzene rings is 1. The van der Waals surface area contributed by atoms with E-state index in [0.29, 0.717) is 22.3 Å². The molecule has 4 rings (SSSR count). The van der Waals surface area contributed by atoms with Crippen molar-refractivity contribution in [3.63, 3.8) is 0 Å². The summed E-state index contributed by atoms with van der Waals surface area (Å²) in [5.74, 6) is 0.215. The van der Waals surface area contributed by atoms with E-state index in [0.717, 1.165) is 29.9 Å². The number of thioether (sulfide) groups is 1.